The van der Waals surface area contributed by atoms with Crippen LogP contribution in [0.3, 0.4) is 0 Å². The molecule has 1 aliphatic heterocycles. The lowest BCUT2D eigenvalue weighted by molar-refractivity contribution is -0.134. The molecule has 0 aromatic heterocycles. The summed E-state index contributed by atoms with van der Waals surface area (Å²) in [6, 6.07) is 15.6. The van der Waals surface area contributed by atoms with Gasteiger partial charge in [0.1, 0.15) is 5.84 Å². The van der Waals surface area contributed by atoms with Crippen LogP contribution in [0, 0.1) is 5.41 Å². The zero-order valence-corrected chi connectivity index (χ0v) is 18.0. The topological polar surface area (TPSA) is 145 Å². The lowest BCUT2D eigenvalue weighted by atomic mass is 10.1. The van der Waals surface area contributed by atoms with Crippen molar-refractivity contribution in [3.63, 3.8) is 0 Å². The lowest BCUT2D eigenvalue weighted by Crippen LogP contribution is -2.50. The summed E-state index contributed by atoms with van der Waals surface area (Å²) in [5.41, 5.74) is 7.23. The standard InChI is InChI=1S/C19H22N4O3S.C2H4O2/c20-18(21)16-6-8-17(9-7-16)19(24)22-10-12-23(13-11-22)27(25,26)14-15-4-2-1-3-5-15;1-2(3)4/h1-9H,10-14H2,(H3,20,21);1H3,(H,3,4). The van der Waals surface area contributed by atoms with Gasteiger partial charge in [-0.1, -0.05) is 42.5 Å². The van der Waals surface area contributed by atoms with Gasteiger partial charge >= 0.3 is 0 Å². The summed E-state index contributed by atoms with van der Waals surface area (Å²) in [5.74, 6) is -1.06. The Balaban J connectivity index is 0.000000785. The van der Waals surface area contributed by atoms with Crippen LogP contribution in [-0.2, 0) is 20.6 Å². The first-order valence-corrected chi connectivity index (χ1v) is 11.2. The number of benzene rings is 2. The van der Waals surface area contributed by atoms with Crippen molar-refractivity contribution in [2.75, 3.05) is 26.2 Å². The van der Waals surface area contributed by atoms with Gasteiger partial charge in [0.15, 0.2) is 0 Å². The number of nitrogens with two attached hydrogens (primary N) is 1. The summed E-state index contributed by atoms with van der Waals surface area (Å²) in [7, 11) is -3.41. The number of sulfonamides is 1. The predicted octanol–water partition coefficient (Wildman–Crippen LogP) is 1.35. The van der Waals surface area contributed by atoms with Gasteiger partial charge in [0.25, 0.3) is 11.9 Å². The molecule has 4 N–H and O–H groups in total. The number of amides is 1. The SMILES string of the molecule is CC(=O)O.N=C(N)c1ccc(C(=O)N2CCN(S(=O)(=O)Cc3ccccc3)CC2)cc1. The van der Waals surface area contributed by atoms with Crippen molar-refractivity contribution in [2.24, 2.45) is 5.73 Å². The molecule has 1 saturated heterocycles. The number of hydrogen-bond donors (Lipinski definition) is 3. The first-order valence-electron chi connectivity index (χ1n) is 9.55. The molecule has 1 heterocycles. The maximum absolute atomic E-state index is 12.6. The Hall–Kier alpha value is -3.24. The van der Waals surface area contributed by atoms with E-state index in [4.69, 9.17) is 21.0 Å². The second kappa shape index (κ2) is 10.7. The van der Waals surface area contributed by atoms with Crippen LogP contribution in [0.4, 0.5) is 0 Å². The molecular formula is C21H26N4O5S. The van der Waals surface area contributed by atoms with Crippen molar-refractivity contribution in [3.8, 4) is 0 Å². The molecule has 2 aromatic carbocycles. The van der Waals surface area contributed by atoms with Crippen molar-refractivity contribution in [1.82, 2.24) is 9.21 Å². The smallest absolute Gasteiger partial charge is 0.300 e. The first-order chi connectivity index (χ1) is 14.6. The summed E-state index contributed by atoms with van der Waals surface area (Å²) in [6.07, 6.45) is 0. The zero-order chi connectivity index (χ0) is 23.0. The molecule has 10 heteroatoms. The highest BCUT2D eigenvalue weighted by Gasteiger charge is 2.29. The molecule has 0 spiro atoms. The Kier molecular flexibility index (Phi) is 8.29. The predicted molar refractivity (Wildman–Crippen MR) is 117 cm³/mol. The van der Waals surface area contributed by atoms with E-state index in [0.29, 0.717) is 24.2 Å². The fourth-order valence-corrected chi connectivity index (χ4v) is 4.54. The second-order valence-electron chi connectivity index (χ2n) is 6.94. The van der Waals surface area contributed by atoms with Crippen molar-refractivity contribution in [3.05, 3.63) is 71.3 Å². The van der Waals surface area contributed by atoms with Crippen molar-refractivity contribution < 1.29 is 23.1 Å². The maximum atomic E-state index is 12.6. The number of carboxylic acid groups (broad SMARTS) is 1. The average molecular weight is 447 g/mol. The molecule has 0 unspecified atom stereocenters. The third kappa shape index (κ3) is 7.19. The second-order valence-corrected chi connectivity index (χ2v) is 8.91. The zero-order valence-electron chi connectivity index (χ0n) is 17.2. The molecule has 9 nitrogen and oxygen atoms in total. The number of amidine groups is 1. The monoisotopic (exact) mass is 446 g/mol. The van der Waals surface area contributed by atoms with Gasteiger partial charge in [0.2, 0.25) is 10.0 Å². The van der Waals surface area contributed by atoms with Crippen LogP contribution in [-0.4, -0.2) is 66.6 Å². The minimum Gasteiger partial charge on any atom is -0.481 e. The Morgan fingerprint density at radius 2 is 1.45 bits per heavy atom. The Labute approximate surface area is 181 Å². The minimum atomic E-state index is -3.41. The van der Waals surface area contributed by atoms with E-state index in [1.54, 1.807) is 41.3 Å². The largest absolute Gasteiger partial charge is 0.481 e. The summed E-state index contributed by atoms with van der Waals surface area (Å²) < 4.78 is 26.6. The van der Waals surface area contributed by atoms with Crippen LogP contribution in [0.2, 0.25) is 0 Å². The quantitative estimate of drug-likeness (QED) is 0.467. The van der Waals surface area contributed by atoms with Gasteiger partial charge in [0.05, 0.1) is 5.75 Å². The molecular weight excluding hydrogens is 420 g/mol. The highest BCUT2D eigenvalue weighted by atomic mass is 32.2. The van der Waals surface area contributed by atoms with Gasteiger partial charge in [-0.05, 0) is 17.7 Å². The summed E-state index contributed by atoms with van der Waals surface area (Å²) in [4.78, 5) is 23.3. The molecule has 31 heavy (non-hydrogen) atoms. The van der Waals surface area contributed by atoms with Gasteiger partial charge in [-0.2, -0.15) is 4.31 Å². The van der Waals surface area contributed by atoms with Gasteiger partial charge in [-0.25, -0.2) is 8.42 Å². The van der Waals surface area contributed by atoms with Gasteiger partial charge in [-0.15, -0.1) is 0 Å². The average Bonchev–Trinajstić information content (AvgIpc) is 2.73. The van der Waals surface area contributed by atoms with Gasteiger partial charge in [0, 0.05) is 44.2 Å². The van der Waals surface area contributed by atoms with E-state index >= 15 is 0 Å². The van der Waals surface area contributed by atoms with Crippen molar-refractivity contribution in [1.29, 1.82) is 5.41 Å². The third-order valence-corrected chi connectivity index (χ3v) is 6.40. The molecule has 166 valence electrons. The highest BCUT2D eigenvalue weighted by Crippen LogP contribution is 2.15. The lowest BCUT2D eigenvalue weighted by Gasteiger charge is -2.34. The highest BCUT2D eigenvalue weighted by molar-refractivity contribution is 7.88. The van der Waals surface area contributed by atoms with Crippen molar-refractivity contribution >= 4 is 27.7 Å². The van der Waals surface area contributed by atoms with E-state index in [0.717, 1.165) is 12.5 Å². The van der Waals surface area contributed by atoms with E-state index in [9.17, 15) is 13.2 Å². The van der Waals surface area contributed by atoms with Crippen LogP contribution >= 0.6 is 0 Å². The van der Waals surface area contributed by atoms with E-state index in [1.807, 2.05) is 18.2 Å². The Bertz CT molecular complexity index is 1010. The van der Waals surface area contributed by atoms with E-state index in [1.165, 1.54) is 4.31 Å². The van der Waals surface area contributed by atoms with E-state index < -0.39 is 16.0 Å². The molecule has 3 rings (SSSR count). The number of nitrogen functional groups attached to an aromatic ring is 1. The number of carbonyl (C=O) groups is 2. The minimum absolute atomic E-state index is 0.0334. The van der Waals surface area contributed by atoms with Crippen LogP contribution in [0.25, 0.3) is 0 Å². The fraction of sp³-hybridized carbons (Fsp3) is 0.286. The van der Waals surface area contributed by atoms with Crippen LogP contribution < -0.4 is 5.73 Å². The number of nitrogens with zero attached hydrogens (tertiary/aromatic N) is 2. The number of nitrogens with one attached hydrogen (secondary N) is 1. The van der Waals surface area contributed by atoms with Crippen LogP contribution in [0.15, 0.2) is 54.6 Å². The molecule has 0 atom stereocenters. The number of rotatable bonds is 5. The summed E-state index contributed by atoms with van der Waals surface area (Å²) >= 11 is 0. The number of aliphatic carboxylic acids is 1. The van der Waals surface area contributed by atoms with Crippen LogP contribution in [0.1, 0.15) is 28.4 Å². The van der Waals surface area contributed by atoms with Gasteiger partial charge < -0.3 is 15.7 Å². The summed E-state index contributed by atoms with van der Waals surface area (Å²) in [6.45, 7) is 2.35. The van der Waals surface area contributed by atoms with Crippen LogP contribution in [0.5, 0.6) is 0 Å². The molecule has 0 aliphatic carbocycles. The molecule has 0 bridgehead atoms. The molecule has 0 radical (unpaired) electrons. The molecule has 2 aromatic rings. The Morgan fingerprint density at radius 3 is 1.94 bits per heavy atom. The van der Waals surface area contributed by atoms with Crippen molar-refractivity contribution in [2.45, 2.75) is 12.7 Å². The Morgan fingerprint density at radius 1 is 0.968 bits per heavy atom. The van der Waals surface area contributed by atoms with Gasteiger partial charge in [-0.3, -0.25) is 15.0 Å². The number of hydrogen-bond acceptors (Lipinski definition) is 5. The number of carboxylic acids is 1. The molecule has 0 saturated carbocycles. The molecule has 1 amide bonds. The maximum Gasteiger partial charge on any atom is 0.300 e. The summed E-state index contributed by atoms with van der Waals surface area (Å²) in [5, 5.41) is 14.8. The molecule has 1 fully saturated rings. The van der Waals surface area contributed by atoms with E-state index in [2.05, 4.69) is 0 Å². The normalized spacial score (nSPS) is 14.3. The third-order valence-electron chi connectivity index (χ3n) is 4.55. The molecule has 1 aliphatic rings. The fourth-order valence-electron chi connectivity index (χ4n) is 3.02. The first kappa shape index (κ1) is 24.0. The number of carbonyl (C=O) groups excluding carboxylic acids is 1. The van der Waals surface area contributed by atoms with E-state index in [-0.39, 0.29) is 30.6 Å². The number of piperazine rings is 1.